The second kappa shape index (κ2) is 13.9. The van der Waals surface area contributed by atoms with Gasteiger partial charge in [-0.15, -0.1) is 0 Å². The Labute approximate surface area is 251 Å². The average molecular weight is 559 g/mol. The lowest BCUT2D eigenvalue weighted by molar-refractivity contribution is 0.0592. The van der Waals surface area contributed by atoms with Gasteiger partial charge in [-0.2, -0.15) is 0 Å². The molecule has 1 rings (SSSR count). The first-order chi connectivity index (χ1) is 17.9. The minimum Gasteiger partial charge on any atom is -0.493 e. The molecule has 1 aromatic rings. The molecular weight excluding hydrogens is 488 g/mol. The van der Waals surface area contributed by atoms with Crippen LogP contribution in [0.1, 0.15) is 180 Å². The molecule has 0 aliphatic carbocycles. The van der Waals surface area contributed by atoms with Crippen LogP contribution in [-0.2, 0) is 10.8 Å². The molecule has 0 fully saturated rings. The Balaban J connectivity index is 3.68. The maximum absolute atomic E-state index is 7.06. The first kappa shape index (κ1) is 36.8. The Hall–Kier alpha value is -1.18. The third-order valence-electron chi connectivity index (χ3n) is 7.58. The van der Waals surface area contributed by atoms with Crippen molar-refractivity contribution in [3.63, 3.8) is 0 Å². The van der Waals surface area contributed by atoms with E-state index in [0.29, 0.717) is 0 Å². The number of hydrogen-bond donors (Lipinski definition) is 0. The summed E-state index contributed by atoms with van der Waals surface area (Å²) in [4.78, 5) is 0. The largest absolute Gasteiger partial charge is 0.493 e. The van der Waals surface area contributed by atoms with E-state index in [1.54, 1.807) is 0 Å². The predicted molar refractivity (Wildman–Crippen MR) is 178 cm³/mol. The molecule has 0 N–H and O–H groups in total. The average Bonchev–Trinajstić information content (AvgIpc) is 2.67. The van der Waals surface area contributed by atoms with E-state index in [9.17, 15) is 0 Å². The number of hydrogen-bond acceptors (Lipinski definition) is 2. The van der Waals surface area contributed by atoms with Crippen molar-refractivity contribution in [1.29, 1.82) is 0 Å². The molecule has 2 nitrogen and oxygen atoms in total. The zero-order chi connectivity index (χ0) is 31.2. The maximum atomic E-state index is 7.06. The molecule has 0 bridgehead atoms. The summed E-state index contributed by atoms with van der Waals surface area (Å²) in [5.41, 5.74) is 2.76. The van der Waals surface area contributed by atoms with Crippen LogP contribution in [0, 0.1) is 16.2 Å². The van der Waals surface area contributed by atoms with E-state index in [-0.39, 0.29) is 32.7 Å². The summed E-state index contributed by atoms with van der Waals surface area (Å²) in [6.07, 6.45) is 10.7. The molecule has 234 valence electrons. The van der Waals surface area contributed by atoms with Gasteiger partial charge >= 0.3 is 0 Å². The molecule has 2 heteroatoms. The van der Waals surface area contributed by atoms with Gasteiger partial charge in [-0.25, -0.2) is 0 Å². The van der Waals surface area contributed by atoms with Crippen LogP contribution in [0.2, 0.25) is 0 Å². The maximum Gasteiger partial charge on any atom is 0.124 e. The van der Waals surface area contributed by atoms with E-state index >= 15 is 0 Å². The van der Waals surface area contributed by atoms with Gasteiger partial charge in [0.1, 0.15) is 17.1 Å². The zero-order valence-corrected chi connectivity index (χ0v) is 30.0. The smallest absolute Gasteiger partial charge is 0.124 e. The molecule has 1 aromatic carbocycles. The molecule has 0 saturated heterocycles. The number of benzene rings is 1. The van der Waals surface area contributed by atoms with Crippen molar-refractivity contribution in [2.45, 2.75) is 185 Å². The van der Waals surface area contributed by atoms with Crippen molar-refractivity contribution in [1.82, 2.24) is 0 Å². The van der Waals surface area contributed by atoms with E-state index in [1.165, 1.54) is 43.2 Å². The highest BCUT2D eigenvalue weighted by Gasteiger charge is 2.37. The predicted octanol–water partition coefficient (Wildman–Crippen LogP) is 12.4. The van der Waals surface area contributed by atoms with Crippen molar-refractivity contribution >= 4 is 0 Å². The molecule has 40 heavy (non-hydrogen) atoms. The Kier molecular flexibility index (Phi) is 12.8. The Morgan fingerprint density at radius 3 is 1.35 bits per heavy atom. The normalized spacial score (nSPS) is 14.0. The van der Waals surface area contributed by atoms with Gasteiger partial charge in [0, 0.05) is 11.1 Å². The summed E-state index contributed by atoms with van der Waals surface area (Å²) in [6, 6.07) is 4.73. The van der Waals surface area contributed by atoms with E-state index in [2.05, 4.69) is 123 Å². The van der Waals surface area contributed by atoms with Crippen LogP contribution in [0.3, 0.4) is 0 Å². The molecule has 0 heterocycles. The Bertz CT molecular complexity index is 897. The number of unbranched alkanes of at least 4 members (excludes halogenated alkanes) is 5. The summed E-state index contributed by atoms with van der Waals surface area (Å²) in [5.74, 6) is 2.09. The minimum atomic E-state index is -0.281. The summed E-state index contributed by atoms with van der Waals surface area (Å²) >= 11 is 0. The molecule has 0 unspecified atom stereocenters. The molecule has 0 spiro atoms. The van der Waals surface area contributed by atoms with Gasteiger partial charge in [0.05, 0.1) is 6.61 Å². The van der Waals surface area contributed by atoms with Gasteiger partial charge in [-0.05, 0) is 78.7 Å². The quantitative estimate of drug-likeness (QED) is 0.199. The first-order valence-electron chi connectivity index (χ1n) is 16.4. The van der Waals surface area contributed by atoms with Crippen molar-refractivity contribution in [3.8, 4) is 11.5 Å². The van der Waals surface area contributed by atoms with Gasteiger partial charge < -0.3 is 9.47 Å². The third kappa shape index (κ3) is 13.7. The van der Waals surface area contributed by atoms with Crippen LogP contribution in [0.5, 0.6) is 11.5 Å². The molecule has 0 aliphatic rings. The van der Waals surface area contributed by atoms with Crippen LogP contribution in [0.15, 0.2) is 12.1 Å². The lowest BCUT2D eigenvalue weighted by atomic mass is 9.69. The standard InChI is InChI=1S/C38H70O2/c1-17-18-19-20-21-22-23-39-31-24-30(37(13,14)27-34(5,6)7)32(40-38(15,16)28-35(8,9)10)25-29(31)36(11,12)26-33(2,3)4/h24-25H,17-23,26-28H2,1-16H3. The Morgan fingerprint density at radius 1 is 0.500 bits per heavy atom. The van der Waals surface area contributed by atoms with E-state index in [0.717, 1.165) is 43.8 Å². The van der Waals surface area contributed by atoms with Crippen molar-refractivity contribution in [2.24, 2.45) is 16.2 Å². The van der Waals surface area contributed by atoms with Crippen molar-refractivity contribution in [2.75, 3.05) is 6.61 Å². The van der Waals surface area contributed by atoms with Crippen molar-refractivity contribution < 1.29 is 9.47 Å². The van der Waals surface area contributed by atoms with Crippen molar-refractivity contribution in [3.05, 3.63) is 23.3 Å². The SMILES string of the molecule is CCCCCCCCOc1cc(C(C)(C)CC(C)(C)C)c(OC(C)(C)CC(C)(C)C)cc1C(C)(C)CC(C)(C)C. The fourth-order valence-electron chi connectivity index (χ4n) is 7.34. The van der Waals surface area contributed by atoms with Crippen LogP contribution in [-0.4, -0.2) is 12.2 Å². The van der Waals surface area contributed by atoms with E-state index in [1.807, 2.05) is 0 Å². The van der Waals surface area contributed by atoms with Gasteiger partial charge in [-0.1, -0.05) is 129 Å². The fraction of sp³-hybridized carbons (Fsp3) is 0.842. The fourth-order valence-corrected chi connectivity index (χ4v) is 7.34. The topological polar surface area (TPSA) is 18.5 Å². The van der Waals surface area contributed by atoms with Gasteiger partial charge in [-0.3, -0.25) is 0 Å². The van der Waals surface area contributed by atoms with Gasteiger partial charge in [0.2, 0.25) is 0 Å². The lowest BCUT2D eigenvalue weighted by Gasteiger charge is -2.40. The first-order valence-corrected chi connectivity index (χ1v) is 16.4. The highest BCUT2D eigenvalue weighted by molar-refractivity contribution is 5.52. The van der Waals surface area contributed by atoms with E-state index < -0.39 is 0 Å². The Morgan fingerprint density at radius 2 is 0.900 bits per heavy atom. The van der Waals surface area contributed by atoms with Crippen LogP contribution < -0.4 is 9.47 Å². The summed E-state index contributed by atoms with van der Waals surface area (Å²) in [7, 11) is 0. The van der Waals surface area contributed by atoms with Crippen LogP contribution in [0.4, 0.5) is 0 Å². The zero-order valence-electron chi connectivity index (χ0n) is 30.0. The van der Waals surface area contributed by atoms with Crippen LogP contribution in [0.25, 0.3) is 0 Å². The second-order valence-corrected chi connectivity index (χ2v) is 18.3. The summed E-state index contributed by atoms with van der Waals surface area (Å²) in [6.45, 7) is 38.1. The minimum absolute atomic E-state index is 0.0479. The number of rotatable bonds is 15. The summed E-state index contributed by atoms with van der Waals surface area (Å²) < 4.78 is 13.8. The van der Waals surface area contributed by atoms with Gasteiger partial charge in [0.15, 0.2) is 0 Å². The molecule has 0 amide bonds. The molecule has 0 aliphatic heterocycles. The monoisotopic (exact) mass is 559 g/mol. The molecule has 0 saturated carbocycles. The third-order valence-corrected chi connectivity index (χ3v) is 7.58. The molecular formula is C38H70O2. The van der Waals surface area contributed by atoms with E-state index in [4.69, 9.17) is 9.47 Å². The van der Waals surface area contributed by atoms with Gasteiger partial charge in [0.25, 0.3) is 0 Å². The number of ether oxygens (including phenoxy) is 2. The van der Waals surface area contributed by atoms with Crippen LogP contribution >= 0.6 is 0 Å². The molecule has 0 atom stereocenters. The summed E-state index contributed by atoms with van der Waals surface area (Å²) in [5, 5.41) is 0. The second-order valence-electron chi connectivity index (χ2n) is 18.3. The highest BCUT2D eigenvalue weighted by Crippen LogP contribution is 2.48. The highest BCUT2D eigenvalue weighted by atomic mass is 16.5. The molecule has 0 radical (unpaired) electrons. The lowest BCUT2D eigenvalue weighted by Crippen LogP contribution is -2.35. The molecule has 0 aromatic heterocycles.